The number of fused-ring (bicyclic) bond motifs is 1. The number of nitrogens with zero attached hydrogens (tertiary/aromatic N) is 3. The number of likely N-dealkylation sites (N-methyl/N-ethyl adjacent to an activating group) is 1. The van der Waals surface area contributed by atoms with Crippen molar-refractivity contribution in [2.24, 2.45) is 5.73 Å². The van der Waals surface area contributed by atoms with Crippen molar-refractivity contribution in [2.75, 3.05) is 38.1 Å². The van der Waals surface area contributed by atoms with Gasteiger partial charge in [0.05, 0.1) is 0 Å². The molecule has 1 fully saturated rings. The van der Waals surface area contributed by atoms with Gasteiger partial charge in [0.1, 0.15) is 0 Å². The Balaban J connectivity index is 1.24. The van der Waals surface area contributed by atoms with Gasteiger partial charge in [-0.25, -0.2) is 4.98 Å². The van der Waals surface area contributed by atoms with Crippen molar-refractivity contribution in [3.8, 4) is 17.0 Å². The molecular formula is C28H31N5O3. The monoisotopic (exact) mass is 485 g/mol. The number of rotatable bonds is 6. The minimum absolute atomic E-state index is 0.182. The number of carbonyl (C=O) groups excluding carboxylic acids is 2. The van der Waals surface area contributed by atoms with Gasteiger partial charge in [-0.3, -0.25) is 9.59 Å². The number of benzene rings is 2. The van der Waals surface area contributed by atoms with E-state index in [0.29, 0.717) is 24.4 Å². The summed E-state index contributed by atoms with van der Waals surface area (Å²) >= 11 is 0. The Bertz CT molecular complexity index is 1270. The van der Waals surface area contributed by atoms with Crippen LogP contribution in [0.4, 0.5) is 5.69 Å². The van der Waals surface area contributed by atoms with Crippen LogP contribution in [0.5, 0.6) is 5.88 Å². The SMILES string of the molecule is CN1CCN(c2ccc(CNC(=O)C3(C)Cc4c(-c5ccc(C(N)=O)cc5)ccnc4O3)cc2)CC1. The van der Waals surface area contributed by atoms with Gasteiger partial charge in [-0.2, -0.15) is 0 Å². The molecule has 0 bridgehead atoms. The number of primary amides is 1. The second kappa shape index (κ2) is 9.62. The molecule has 36 heavy (non-hydrogen) atoms. The molecule has 0 spiro atoms. The minimum Gasteiger partial charge on any atom is -0.461 e. The molecule has 3 aromatic rings. The molecule has 3 N–H and O–H groups in total. The molecule has 0 saturated carbocycles. The van der Waals surface area contributed by atoms with E-state index in [4.69, 9.17) is 10.5 Å². The smallest absolute Gasteiger partial charge is 0.264 e. The summed E-state index contributed by atoms with van der Waals surface area (Å²) in [7, 11) is 2.15. The van der Waals surface area contributed by atoms with E-state index in [2.05, 4.69) is 51.4 Å². The lowest BCUT2D eigenvalue weighted by atomic mass is 9.93. The Hall–Kier alpha value is -3.91. The van der Waals surface area contributed by atoms with Crippen LogP contribution in [0.1, 0.15) is 28.4 Å². The molecular weight excluding hydrogens is 454 g/mol. The van der Waals surface area contributed by atoms with Crippen molar-refractivity contribution in [3.63, 3.8) is 0 Å². The molecule has 3 heterocycles. The van der Waals surface area contributed by atoms with E-state index in [-0.39, 0.29) is 5.91 Å². The highest BCUT2D eigenvalue weighted by Crippen LogP contribution is 2.39. The third kappa shape index (κ3) is 4.77. The van der Waals surface area contributed by atoms with Crippen molar-refractivity contribution in [1.82, 2.24) is 15.2 Å². The zero-order chi connectivity index (χ0) is 25.3. The number of nitrogens with one attached hydrogen (secondary N) is 1. The van der Waals surface area contributed by atoms with Gasteiger partial charge in [0.25, 0.3) is 5.91 Å². The number of pyridine rings is 1. The Morgan fingerprint density at radius 2 is 1.72 bits per heavy atom. The minimum atomic E-state index is -1.06. The highest BCUT2D eigenvalue weighted by molar-refractivity contribution is 5.93. The van der Waals surface area contributed by atoms with E-state index < -0.39 is 11.5 Å². The van der Waals surface area contributed by atoms with Crippen molar-refractivity contribution in [1.29, 1.82) is 0 Å². The van der Waals surface area contributed by atoms with Gasteiger partial charge in [-0.05, 0) is 61.0 Å². The van der Waals surface area contributed by atoms with E-state index in [1.165, 1.54) is 5.69 Å². The molecule has 8 nitrogen and oxygen atoms in total. The summed E-state index contributed by atoms with van der Waals surface area (Å²) in [5.74, 6) is -0.192. The molecule has 2 aromatic carbocycles. The number of hydrogen-bond donors (Lipinski definition) is 2. The number of carbonyl (C=O) groups is 2. The van der Waals surface area contributed by atoms with Crippen molar-refractivity contribution >= 4 is 17.5 Å². The molecule has 5 rings (SSSR count). The number of aromatic nitrogens is 1. The Morgan fingerprint density at radius 3 is 2.39 bits per heavy atom. The Labute approximate surface area is 211 Å². The zero-order valence-corrected chi connectivity index (χ0v) is 20.7. The summed E-state index contributed by atoms with van der Waals surface area (Å²) in [6.45, 7) is 6.39. The van der Waals surface area contributed by atoms with Gasteiger partial charge in [-0.1, -0.05) is 24.3 Å². The van der Waals surface area contributed by atoms with Crippen molar-refractivity contribution in [3.05, 3.63) is 77.5 Å². The van der Waals surface area contributed by atoms with Crippen molar-refractivity contribution in [2.45, 2.75) is 25.5 Å². The van der Waals surface area contributed by atoms with E-state index in [0.717, 1.165) is 48.4 Å². The van der Waals surface area contributed by atoms with Crippen LogP contribution in [0.15, 0.2) is 60.8 Å². The van der Waals surface area contributed by atoms with Crippen LogP contribution < -0.4 is 20.7 Å². The van der Waals surface area contributed by atoms with Gasteiger partial charge in [-0.15, -0.1) is 0 Å². The summed E-state index contributed by atoms with van der Waals surface area (Å²) in [4.78, 5) is 33.7. The normalized spacial score (nSPS) is 19.4. The van der Waals surface area contributed by atoms with Crippen molar-refractivity contribution < 1.29 is 14.3 Å². The van der Waals surface area contributed by atoms with Crippen LogP contribution in [-0.2, 0) is 17.8 Å². The summed E-state index contributed by atoms with van der Waals surface area (Å²) in [5.41, 5.74) is 9.70. The highest BCUT2D eigenvalue weighted by Gasteiger charge is 2.43. The molecule has 1 unspecified atom stereocenters. The standard InChI is InChI=1S/C28H31N5O3/c1-28(27(35)31-18-19-3-9-22(10-4-19)33-15-13-32(2)14-16-33)17-24-23(11-12-30-26(24)36-28)20-5-7-21(8-6-20)25(29)34/h3-12H,13-18H2,1-2H3,(H2,29,34)(H,31,35). The van der Waals surface area contributed by atoms with Crippen LogP contribution in [0.3, 0.4) is 0 Å². The average molecular weight is 486 g/mol. The molecule has 0 aliphatic carbocycles. The number of piperazine rings is 1. The van der Waals surface area contributed by atoms with Gasteiger partial charge >= 0.3 is 0 Å². The van der Waals surface area contributed by atoms with Crippen LogP contribution >= 0.6 is 0 Å². The van der Waals surface area contributed by atoms with E-state index >= 15 is 0 Å². The first-order valence-electron chi connectivity index (χ1n) is 12.2. The largest absolute Gasteiger partial charge is 0.461 e. The van der Waals surface area contributed by atoms with Crippen LogP contribution in [0.2, 0.25) is 0 Å². The number of hydrogen-bond acceptors (Lipinski definition) is 6. The van der Waals surface area contributed by atoms with Crippen LogP contribution in [0.25, 0.3) is 11.1 Å². The highest BCUT2D eigenvalue weighted by atomic mass is 16.5. The quantitative estimate of drug-likeness (QED) is 0.557. The van der Waals surface area contributed by atoms with E-state index in [9.17, 15) is 9.59 Å². The topological polar surface area (TPSA) is 101 Å². The molecule has 0 radical (unpaired) electrons. The second-order valence-electron chi connectivity index (χ2n) is 9.73. The fraction of sp³-hybridized carbons (Fsp3) is 0.321. The summed E-state index contributed by atoms with van der Waals surface area (Å²) in [6, 6.07) is 17.3. The molecule has 1 saturated heterocycles. The molecule has 2 amide bonds. The number of amides is 2. The van der Waals surface area contributed by atoms with Crippen LogP contribution in [-0.4, -0.2) is 60.5 Å². The fourth-order valence-corrected chi connectivity index (χ4v) is 4.79. The number of nitrogens with two attached hydrogens (primary N) is 1. The van der Waals surface area contributed by atoms with Gasteiger partial charge in [0.2, 0.25) is 11.8 Å². The summed E-state index contributed by atoms with van der Waals surface area (Å²) < 4.78 is 6.07. The fourth-order valence-electron chi connectivity index (χ4n) is 4.79. The third-order valence-electron chi connectivity index (χ3n) is 7.07. The Morgan fingerprint density at radius 1 is 1.03 bits per heavy atom. The lowest BCUT2D eigenvalue weighted by Crippen LogP contribution is -2.47. The first-order chi connectivity index (χ1) is 17.3. The average Bonchev–Trinajstić information content (AvgIpc) is 3.26. The molecule has 2 aliphatic heterocycles. The predicted molar refractivity (Wildman–Crippen MR) is 139 cm³/mol. The van der Waals surface area contributed by atoms with Gasteiger partial charge < -0.3 is 25.6 Å². The summed E-state index contributed by atoms with van der Waals surface area (Å²) in [5, 5.41) is 3.04. The first kappa shape index (κ1) is 23.8. The van der Waals surface area contributed by atoms with E-state index in [1.54, 1.807) is 25.3 Å². The molecule has 1 atom stereocenters. The molecule has 2 aliphatic rings. The van der Waals surface area contributed by atoms with Gasteiger partial charge in [0.15, 0.2) is 5.60 Å². The molecule has 186 valence electrons. The zero-order valence-electron chi connectivity index (χ0n) is 20.7. The Kier molecular flexibility index (Phi) is 6.36. The second-order valence-corrected chi connectivity index (χ2v) is 9.73. The maximum absolute atomic E-state index is 13.2. The third-order valence-corrected chi connectivity index (χ3v) is 7.07. The number of anilines is 1. The maximum atomic E-state index is 13.2. The number of ether oxygens (including phenoxy) is 1. The lowest BCUT2D eigenvalue weighted by Gasteiger charge is -2.34. The van der Waals surface area contributed by atoms with Crippen LogP contribution in [0, 0.1) is 0 Å². The molecule has 1 aromatic heterocycles. The maximum Gasteiger partial charge on any atom is 0.264 e. The van der Waals surface area contributed by atoms with Gasteiger partial charge in [0, 0.05) is 62.2 Å². The molecule has 8 heteroatoms. The summed E-state index contributed by atoms with van der Waals surface area (Å²) in [6.07, 6.45) is 2.07. The van der Waals surface area contributed by atoms with E-state index in [1.807, 2.05) is 18.2 Å². The predicted octanol–water partition coefficient (Wildman–Crippen LogP) is 2.61. The lowest BCUT2D eigenvalue weighted by molar-refractivity contribution is -0.134. The first-order valence-corrected chi connectivity index (χ1v) is 12.2.